The lowest BCUT2D eigenvalue weighted by atomic mass is 10.2. The zero-order chi connectivity index (χ0) is 15.0. The Kier molecular flexibility index (Phi) is 3.76. The highest BCUT2D eigenvalue weighted by atomic mass is 32.1. The molecule has 3 rings (SSSR count). The summed E-state index contributed by atoms with van der Waals surface area (Å²) in [6.07, 6.45) is 2.07. The number of carbonyl (C=O) groups excluding carboxylic acids is 1. The summed E-state index contributed by atoms with van der Waals surface area (Å²) in [6.45, 7) is 2.84. The highest BCUT2D eigenvalue weighted by molar-refractivity contribution is 7.17. The third-order valence-electron chi connectivity index (χ3n) is 3.83. The van der Waals surface area contributed by atoms with E-state index in [9.17, 15) is 13.6 Å². The first-order chi connectivity index (χ1) is 10.1. The third-order valence-corrected chi connectivity index (χ3v) is 4.96. The molecule has 1 fully saturated rings. The van der Waals surface area contributed by atoms with E-state index in [-0.39, 0.29) is 11.9 Å². The molecule has 1 aromatic carbocycles. The molecule has 2 nitrogen and oxygen atoms in total. The molecule has 1 aliphatic heterocycles. The molecule has 1 aliphatic rings. The summed E-state index contributed by atoms with van der Waals surface area (Å²) in [6, 6.07) is 7.60. The number of nitrogens with zero attached hydrogens (tertiary/aromatic N) is 1. The molecular weight excluding hydrogens is 292 g/mol. The van der Waals surface area contributed by atoms with E-state index in [1.807, 2.05) is 4.90 Å². The van der Waals surface area contributed by atoms with Crippen LogP contribution in [0.4, 0.5) is 8.78 Å². The zero-order valence-corrected chi connectivity index (χ0v) is 12.4. The Balaban J connectivity index is 1.86. The molecule has 0 bridgehead atoms. The van der Waals surface area contributed by atoms with E-state index >= 15 is 0 Å². The first kappa shape index (κ1) is 14.2. The van der Waals surface area contributed by atoms with Crippen molar-refractivity contribution in [1.29, 1.82) is 0 Å². The van der Waals surface area contributed by atoms with Crippen LogP contribution in [0.5, 0.6) is 0 Å². The summed E-state index contributed by atoms with van der Waals surface area (Å²) >= 11 is 1.32. The number of amides is 1. The number of rotatable bonds is 2. The number of benzene rings is 1. The van der Waals surface area contributed by atoms with E-state index in [4.69, 9.17) is 0 Å². The number of hydrogen-bond acceptors (Lipinski definition) is 2. The Bertz CT molecular complexity index is 683. The molecule has 0 aliphatic carbocycles. The van der Waals surface area contributed by atoms with Gasteiger partial charge in [-0.1, -0.05) is 6.07 Å². The summed E-state index contributed by atoms with van der Waals surface area (Å²) in [7, 11) is 0. The van der Waals surface area contributed by atoms with Crippen LogP contribution < -0.4 is 0 Å². The van der Waals surface area contributed by atoms with Gasteiger partial charge < -0.3 is 4.90 Å². The molecule has 1 aromatic heterocycles. The topological polar surface area (TPSA) is 20.3 Å². The van der Waals surface area contributed by atoms with Gasteiger partial charge in [-0.3, -0.25) is 4.79 Å². The molecule has 1 amide bonds. The van der Waals surface area contributed by atoms with Crippen LogP contribution >= 0.6 is 11.3 Å². The molecule has 2 heterocycles. The Morgan fingerprint density at radius 3 is 2.71 bits per heavy atom. The highest BCUT2D eigenvalue weighted by Crippen LogP contribution is 2.31. The summed E-state index contributed by atoms with van der Waals surface area (Å²) < 4.78 is 26.2. The second-order valence-corrected chi connectivity index (χ2v) is 6.37. The van der Waals surface area contributed by atoms with Crippen molar-refractivity contribution in [1.82, 2.24) is 4.90 Å². The molecule has 1 saturated heterocycles. The summed E-state index contributed by atoms with van der Waals surface area (Å²) in [5, 5.41) is 0. The standard InChI is InChI=1S/C16H15F2NOS/c1-10-3-2-8-19(10)16(20)15-7-6-14(21-15)11-4-5-12(17)13(18)9-11/h4-7,9-10H,2-3,8H2,1H3. The maximum Gasteiger partial charge on any atom is 0.264 e. The van der Waals surface area contributed by atoms with Gasteiger partial charge in [-0.15, -0.1) is 11.3 Å². The quantitative estimate of drug-likeness (QED) is 0.809. The summed E-state index contributed by atoms with van der Waals surface area (Å²) in [5.41, 5.74) is 0.590. The van der Waals surface area contributed by atoms with Gasteiger partial charge in [0.2, 0.25) is 0 Å². The van der Waals surface area contributed by atoms with Crippen molar-refractivity contribution in [3.05, 3.63) is 46.8 Å². The molecule has 5 heteroatoms. The molecule has 0 spiro atoms. The molecule has 2 aromatic rings. The Morgan fingerprint density at radius 1 is 1.24 bits per heavy atom. The fourth-order valence-electron chi connectivity index (χ4n) is 2.63. The Labute approximate surface area is 126 Å². The second kappa shape index (κ2) is 5.56. The average Bonchev–Trinajstić information content (AvgIpc) is 3.10. The van der Waals surface area contributed by atoms with Crippen LogP contribution in [0, 0.1) is 11.6 Å². The smallest absolute Gasteiger partial charge is 0.264 e. The van der Waals surface area contributed by atoms with Gasteiger partial charge in [0.15, 0.2) is 11.6 Å². The lowest BCUT2D eigenvalue weighted by molar-refractivity contribution is 0.0752. The van der Waals surface area contributed by atoms with E-state index in [2.05, 4.69) is 6.92 Å². The van der Waals surface area contributed by atoms with Gasteiger partial charge >= 0.3 is 0 Å². The van der Waals surface area contributed by atoms with Crippen molar-refractivity contribution in [2.75, 3.05) is 6.54 Å². The molecule has 0 radical (unpaired) electrons. The Morgan fingerprint density at radius 2 is 2.05 bits per heavy atom. The van der Waals surface area contributed by atoms with Gasteiger partial charge in [-0.05, 0) is 49.6 Å². The first-order valence-electron chi connectivity index (χ1n) is 6.92. The lowest BCUT2D eigenvalue weighted by Crippen LogP contribution is -2.32. The van der Waals surface area contributed by atoms with Gasteiger partial charge in [-0.2, -0.15) is 0 Å². The maximum atomic E-state index is 13.3. The number of likely N-dealkylation sites (tertiary alicyclic amines) is 1. The molecule has 0 N–H and O–H groups in total. The largest absolute Gasteiger partial charge is 0.335 e. The number of thiophene rings is 1. The SMILES string of the molecule is CC1CCCN1C(=O)c1ccc(-c2ccc(F)c(F)c2)s1. The lowest BCUT2D eigenvalue weighted by Gasteiger charge is -2.20. The van der Waals surface area contributed by atoms with Crippen LogP contribution in [0.15, 0.2) is 30.3 Å². The van der Waals surface area contributed by atoms with E-state index in [1.165, 1.54) is 17.4 Å². The molecule has 0 saturated carbocycles. The predicted molar refractivity (Wildman–Crippen MR) is 79.4 cm³/mol. The van der Waals surface area contributed by atoms with E-state index in [0.717, 1.165) is 36.4 Å². The van der Waals surface area contributed by atoms with Crippen LogP contribution in [0.1, 0.15) is 29.4 Å². The minimum absolute atomic E-state index is 0.0267. The van der Waals surface area contributed by atoms with Gasteiger partial charge in [0, 0.05) is 17.5 Å². The van der Waals surface area contributed by atoms with Crippen molar-refractivity contribution < 1.29 is 13.6 Å². The second-order valence-electron chi connectivity index (χ2n) is 5.28. The molecule has 1 unspecified atom stereocenters. The van der Waals surface area contributed by atoms with Crippen LogP contribution in [0.3, 0.4) is 0 Å². The van der Waals surface area contributed by atoms with Crippen molar-refractivity contribution >= 4 is 17.2 Å². The van der Waals surface area contributed by atoms with E-state index in [1.54, 1.807) is 12.1 Å². The van der Waals surface area contributed by atoms with Gasteiger partial charge in [-0.25, -0.2) is 8.78 Å². The minimum Gasteiger partial charge on any atom is -0.335 e. The van der Waals surface area contributed by atoms with Crippen molar-refractivity contribution in [3.8, 4) is 10.4 Å². The zero-order valence-electron chi connectivity index (χ0n) is 11.6. The number of halogens is 2. The van der Waals surface area contributed by atoms with Crippen molar-refractivity contribution in [2.24, 2.45) is 0 Å². The van der Waals surface area contributed by atoms with Gasteiger partial charge in [0.05, 0.1) is 4.88 Å². The number of hydrogen-bond donors (Lipinski definition) is 0. The van der Waals surface area contributed by atoms with E-state index in [0.29, 0.717) is 10.4 Å². The normalized spacial score (nSPS) is 18.2. The number of carbonyl (C=O) groups is 1. The van der Waals surface area contributed by atoms with Gasteiger partial charge in [0.1, 0.15) is 0 Å². The van der Waals surface area contributed by atoms with Crippen LogP contribution in [-0.4, -0.2) is 23.4 Å². The highest BCUT2D eigenvalue weighted by Gasteiger charge is 2.26. The summed E-state index contributed by atoms with van der Waals surface area (Å²) in [4.78, 5) is 15.7. The predicted octanol–water partition coefficient (Wildman–Crippen LogP) is 4.32. The van der Waals surface area contributed by atoms with Gasteiger partial charge in [0.25, 0.3) is 5.91 Å². The summed E-state index contributed by atoms with van der Waals surface area (Å²) in [5.74, 6) is -1.71. The Hall–Kier alpha value is -1.75. The monoisotopic (exact) mass is 307 g/mol. The van der Waals surface area contributed by atoms with Crippen LogP contribution in [0.2, 0.25) is 0 Å². The fraction of sp³-hybridized carbons (Fsp3) is 0.312. The van der Waals surface area contributed by atoms with Crippen molar-refractivity contribution in [2.45, 2.75) is 25.8 Å². The molecular formula is C16H15F2NOS. The van der Waals surface area contributed by atoms with Crippen LogP contribution in [0.25, 0.3) is 10.4 Å². The first-order valence-corrected chi connectivity index (χ1v) is 7.74. The van der Waals surface area contributed by atoms with Crippen molar-refractivity contribution in [3.63, 3.8) is 0 Å². The fourth-order valence-corrected chi connectivity index (χ4v) is 3.59. The van der Waals surface area contributed by atoms with Crippen LogP contribution in [-0.2, 0) is 0 Å². The third kappa shape index (κ3) is 2.70. The molecule has 110 valence electrons. The van der Waals surface area contributed by atoms with E-state index < -0.39 is 11.6 Å². The average molecular weight is 307 g/mol. The minimum atomic E-state index is -0.873. The maximum absolute atomic E-state index is 13.3. The molecule has 21 heavy (non-hydrogen) atoms. The molecule has 1 atom stereocenters.